The molecule has 3 aliphatic rings. The predicted octanol–water partition coefficient (Wildman–Crippen LogP) is 0.0363. The fourth-order valence-electron chi connectivity index (χ4n) is 4.57. The number of nitrogens with two attached hydrogens (primary N) is 2. The minimum Gasteiger partial charge on any atom is -0.396 e. The molecule has 0 spiro atoms. The Bertz CT molecular complexity index is 974. The first-order valence-electron chi connectivity index (χ1n) is 9.73. The number of fused-ring (bicyclic) bond motifs is 1. The lowest BCUT2D eigenvalue weighted by Crippen LogP contribution is -2.48. The maximum atomic E-state index is 15.4. The van der Waals surface area contributed by atoms with Crippen LogP contribution in [0.25, 0.3) is 5.70 Å². The van der Waals surface area contributed by atoms with Gasteiger partial charge in [0.1, 0.15) is 11.9 Å². The molecule has 1 saturated carbocycles. The normalized spacial score (nSPS) is 29.7. The number of hydrogen-bond acceptors (Lipinski definition) is 7. The van der Waals surface area contributed by atoms with Gasteiger partial charge in [0.2, 0.25) is 0 Å². The van der Waals surface area contributed by atoms with Crippen LogP contribution < -0.4 is 22.7 Å². The summed E-state index contributed by atoms with van der Waals surface area (Å²) in [6.07, 6.45) is -0.469. The van der Waals surface area contributed by atoms with Crippen molar-refractivity contribution in [3.8, 4) is 0 Å². The van der Waals surface area contributed by atoms with E-state index in [-0.39, 0.29) is 42.6 Å². The summed E-state index contributed by atoms with van der Waals surface area (Å²) in [6.45, 7) is -2.77. The average Bonchev–Trinajstić information content (AvgIpc) is 3.44. The van der Waals surface area contributed by atoms with Crippen LogP contribution in [0, 0.1) is 5.92 Å². The number of aromatic nitrogens is 2. The molecule has 0 bridgehead atoms. The molecule has 1 aliphatic heterocycles. The van der Waals surface area contributed by atoms with Crippen LogP contribution in [-0.2, 0) is 9.47 Å². The Balaban J connectivity index is 1.80. The SMILES string of the molecule is COC1c2c(c(=O)[nH]c(=O)n2C2CC2)C(N)=C(F)C1N1CC(CN)C(OC(F)F)C1. The summed E-state index contributed by atoms with van der Waals surface area (Å²) < 4.78 is 52.7. The Morgan fingerprint density at radius 3 is 2.53 bits per heavy atom. The van der Waals surface area contributed by atoms with Crippen LogP contribution >= 0.6 is 0 Å². The zero-order valence-electron chi connectivity index (χ0n) is 16.3. The van der Waals surface area contributed by atoms with E-state index in [1.165, 1.54) is 11.7 Å². The molecule has 4 unspecified atom stereocenters. The minimum atomic E-state index is -2.99. The van der Waals surface area contributed by atoms with Gasteiger partial charge in [-0.1, -0.05) is 0 Å². The molecule has 4 atom stereocenters. The van der Waals surface area contributed by atoms with Crippen LogP contribution in [0.4, 0.5) is 13.2 Å². The maximum absolute atomic E-state index is 15.4. The van der Waals surface area contributed by atoms with E-state index in [2.05, 4.69) is 9.72 Å². The highest BCUT2D eigenvalue weighted by atomic mass is 19.3. The largest absolute Gasteiger partial charge is 0.396 e. The van der Waals surface area contributed by atoms with Crippen molar-refractivity contribution in [1.82, 2.24) is 14.5 Å². The third kappa shape index (κ3) is 3.37. The first-order chi connectivity index (χ1) is 14.3. The summed E-state index contributed by atoms with van der Waals surface area (Å²) in [5.74, 6) is -1.26. The topological polar surface area (TPSA) is 129 Å². The number of aromatic amines is 1. The van der Waals surface area contributed by atoms with Gasteiger partial charge in [-0.2, -0.15) is 8.78 Å². The Hall–Kier alpha value is -2.15. The lowest BCUT2D eigenvalue weighted by Gasteiger charge is -2.38. The van der Waals surface area contributed by atoms with Crippen molar-refractivity contribution in [3.63, 3.8) is 0 Å². The first-order valence-corrected chi connectivity index (χ1v) is 9.73. The predicted molar refractivity (Wildman–Crippen MR) is 100 cm³/mol. The van der Waals surface area contributed by atoms with Crippen molar-refractivity contribution in [2.24, 2.45) is 17.4 Å². The molecule has 12 heteroatoms. The number of nitrogens with one attached hydrogen (secondary N) is 1. The van der Waals surface area contributed by atoms with Crippen molar-refractivity contribution in [1.29, 1.82) is 0 Å². The van der Waals surface area contributed by atoms with Crippen LogP contribution in [0.5, 0.6) is 0 Å². The fourth-order valence-corrected chi connectivity index (χ4v) is 4.57. The number of ether oxygens (including phenoxy) is 2. The summed E-state index contributed by atoms with van der Waals surface area (Å²) >= 11 is 0. The first kappa shape index (κ1) is 21.1. The van der Waals surface area contributed by atoms with Crippen LogP contribution in [0.1, 0.15) is 36.2 Å². The second-order valence-electron chi connectivity index (χ2n) is 7.87. The summed E-state index contributed by atoms with van der Waals surface area (Å²) in [7, 11) is 1.34. The molecule has 9 nitrogen and oxygen atoms in total. The van der Waals surface area contributed by atoms with Gasteiger partial charge in [-0.15, -0.1) is 0 Å². The van der Waals surface area contributed by atoms with E-state index in [0.29, 0.717) is 0 Å². The van der Waals surface area contributed by atoms with Crippen molar-refractivity contribution < 1.29 is 22.6 Å². The Kier molecular flexibility index (Phi) is 5.51. The van der Waals surface area contributed by atoms with Gasteiger partial charge in [0.15, 0.2) is 0 Å². The molecule has 1 aromatic rings. The molecule has 30 heavy (non-hydrogen) atoms. The highest BCUT2D eigenvalue weighted by Gasteiger charge is 2.48. The lowest BCUT2D eigenvalue weighted by atomic mass is 9.91. The Morgan fingerprint density at radius 1 is 1.27 bits per heavy atom. The molecule has 2 fully saturated rings. The highest BCUT2D eigenvalue weighted by molar-refractivity contribution is 5.70. The maximum Gasteiger partial charge on any atom is 0.345 e. The zero-order valence-corrected chi connectivity index (χ0v) is 16.3. The van der Waals surface area contributed by atoms with Crippen molar-refractivity contribution >= 4 is 5.70 Å². The number of H-pyrrole nitrogens is 1. The molecule has 0 amide bonds. The number of alkyl halides is 2. The fraction of sp³-hybridized carbons (Fsp3) is 0.667. The molecular formula is C18H24F3N5O4. The van der Waals surface area contributed by atoms with E-state index < -0.39 is 47.9 Å². The third-order valence-electron chi connectivity index (χ3n) is 6.07. The summed E-state index contributed by atoms with van der Waals surface area (Å²) in [6, 6.07) is -1.24. The molecule has 0 aromatic carbocycles. The minimum absolute atomic E-state index is 0.0242. The van der Waals surface area contributed by atoms with E-state index in [1.54, 1.807) is 4.90 Å². The molecular weight excluding hydrogens is 407 g/mol. The van der Waals surface area contributed by atoms with Gasteiger partial charge >= 0.3 is 12.3 Å². The summed E-state index contributed by atoms with van der Waals surface area (Å²) in [5, 5.41) is 0. The third-order valence-corrected chi connectivity index (χ3v) is 6.07. The number of nitrogens with zero attached hydrogens (tertiary/aromatic N) is 2. The molecule has 2 heterocycles. The Morgan fingerprint density at radius 2 is 1.97 bits per heavy atom. The molecule has 2 aliphatic carbocycles. The second-order valence-corrected chi connectivity index (χ2v) is 7.87. The van der Waals surface area contributed by atoms with Crippen LogP contribution in [-0.4, -0.2) is 60.0 Å². The average molecular weight is 431 g/mol. The van der Waals surface area contributed by atoms with Crippen LogP contribution in [0.2, 0.25) is 0 Å². The van der Waals surface area contributed by atoms with Gasteiger partial charge in [0.05, 0.1) is 29.1 Å². The molecule has 4 rings (SSSR count). The summed E-state index contributed by atoms with van der Waals surface area (Å²) in [5.41, 5.74) is 9.99. The van der Waals surface area contributed by atoms with Crippen molar-refractivity contribution in [3.05, 3.63) is 37.9 Å². The highest BCUT2D eigenvalue weighted by Crippen LogP contribution is 2.44. The molecule has 1 aromatic heterocycles. The van der Waals surface area contributed by atoms with E-state index >= 15 is 4.39 Å². The standard InChI is InChI=1S/C18H24F3N5O4/c1-29-15-13-10(16(27)24-18(28)26(13)8-2-3-8)12(23)11(19)14(15)25-5-7(4-22)9(6-25)30-17(20)21/h7-9,14-15,17H,2-6,22-23H2,1H3,(H,24,27,28). The van der Waals surface area contributed by atoms with Crippen molar-refractivity contribution in [2.45, 2.75) is 43.7 Å². The smallest absolute Gasteiger partial charge is 0.345 e. The monoisotopic (exact) mass is 431 g/mol. The van der Waals surface area contributed by atoms with Gasteiger partial charge in [0.25, 0.3) is 5.56 Å². The number of likely N-dealkylation sites (tertiary alicyclic amines) is 1. The quantitative estimate of drug-likeness (QED) is 0.580. The van der Waals surface area contributed by atoms with Gasteiger partial charge in [-0.3, -0.25) is 19.2 Å². The lowest BCUT2D eigenvalue weighted by molar-refractivity contribution is -0.167. The zero-order chi connectivity index (χ0) is 21.7. The second kappa shape index (κ2) is 7.84. The van der Waals surface area contributed by atoms with Crippen LogP contribution in [0.15, 0.2) is 15.4 Å². The molecule has 1 saturated heterocycles. The number of halogens is 3. The van der Waals surface area contributed by atoms with Gasteiger partial charge in [-0.25, -0.2) is 9.18 Å². The number of methoxy groups -OCH3 is 1. The number of rotatable bonds is 6. The summed E-state index contributed by atoms with van der Waals surface area (Å²) in [4.78, 5) is 28.7. The molecule has 5 N–H and O–H groups in total. The van der Waals surface area contributed by atoms with E-state index in [0.717, 1.165) is 12.8 Å². The van der Waals surface area contributed by atoms with E-state index in [4.69, 9.17) is 16.2 Å². The van der Waals surface area contributed by atoms with Gasteiger partial charge < -0.3 is 20.9 Å². The van der Waals surface area contributed by atoms with E-state index in [9.17, 15) is 18.4 Å². The van der Waals surface area contributed by atoms with Crippen molar-refractivity contribution in [2.75, 3.05) is 26.7 Å². The van der Waals surface area contributed by atoms with Gasteiger partial charge in [0, 0.05) is 32.2 Å². The molecule has 166 valence electrons. The van der Waals surface area contributed by atoms with Crippen LogP contribution in [0.3, 0.4) is 0 Å². The van der Waals surface area contributed by atoms with Gasteiger partial charge in [-0.05, 0) is 19.4 Å². The Labute approximate surface area is 169 Å². The molecule has 0 radical (unpaired) electrons. The number of hydrogen-bond donors (Lipinski definition) is 3. The van der Waals surface area contributed by atoms with E-state index in [1.807, 2.05) is 0 Å².